The molecule has 0 radical (unpaired) electrons. The molecule has 1 aromatic heterocycles. The molecule has 1 aromatic carbocycles. The van der Waals surface area contributed by atoms with Crippen LogP contribution in [0.1, 0.15) is 25.3 Å². The molecule has 24 heavy (non-hydrogen) atoms. The number of carbonyl (C=O) groups excluding carboxylic acids is 1. The van der Waals surface area contributed by atoms with Crippen molar-refractivity contribution in [2.75, 3.05) is 23.7 Å². The van der Waals surface area contributed by atoms with Crippen molar-refractivity contribution in [1.82, 2.24) is 9.97 Å². The molecule has 0 bridgehead atoms. The first-order chi connectivity index (χ1) is 11.7. The third-order valence-electron chi connectivity index (χ3n) is 4.63. The lowest BCUT2D eigenvalue weighted by Crippen LogP contribution is -2.50. The molecule has 2 aromatic rings. The number of rotatable bonds is 5. The number of benzene rings is 1. The molecular weight excluding hydrogens is 320 g/mol. The van der Waals surface area contributed by atoms with Gasteiger partial charge in [0.05, 0.1) is 17.8 Å². The zero-order valence-electron chi connectivity index (χ0n) is 13.8. The summed E-state index contributed by atoms with van der Waals surface area (Å²) >= 11 is 1.68. The Kier molecular flexibility index (Phi) is 5.04. The van der Waals surface area contributed by atoms with Gasteiger partial charge in [0.15, 0.2) is 0 Å². The van der Waals surface area contributed by atoms with Crippen molar-refractivity contribution in [2.45, 2.75) is 30.2 Å². The number of nitrogens with two attached hydrogens (primary N) is 1. The Balaban J connectivity index is 1.79. The van der Waals surface area contributed by atoms with Crippen LogP contribution in [0, 0.1) is 0 Å². The number of amides is 1. The summed E-state index contributed by atoms with van der Waals surface area (Å²) < 4.78 is 0. The highest BCUT2D eigenvalue weighted by molar-refractivity contribution is 7.99. The Labute approximate surface area is 146 Å². The molecule has 0 atom stereocenters. The third-order valence-corrected chi connectivity index (χ3v) is 5.41. The molecule has 1 saturated heterocycles. The van der Waals surface area contributed by atoms with E-state index in [0.717, 1.165) is 35.2 Å². The summed E-state index contributed by atoms with van der Waals surface area (Å²) in [6.07, 6.45) is 4.97. The van der Waals surface area contributed by atoms with Crippen molar-refractivity contribution in [1.29, 1.82) is 0 Å². The summed E-state index contributed by atoms with van der Waals surface area (Å²) in [6, 6.07) is 9.88. The van der Waals surface area contributed by atoms with Gasteiger partial charge in [0.25, 0.3) is 0 Å². The topological polar surface area (TPSA) is 72.1 Å². The Bertz CT molecular complexity index is 699. The molecule has 1 fully saturated rings. The molecule has 126 valence electrons. The van der Waals surface area contributed by atoms with Gasteiger partial charge in [0.2, 0.25) is 5.91 Å². The molecule has 5 nitrogen and oxygen atoms in total. The fourth-order valence-corrected chi connectivity index (χ4v) is 3.85. The number of carbonyl (C=O) groups is 1. The van der Waals surface area contributed by atoms with Gasteiger partial charge in [-0.3, -0.25) is 9.78 Å². The van der Waals surface area contributed by atoms with Gasteiger partial charge in [-0.25, -0.2) is 4.98 Å². The molecular formula is C18H22N4OS. The minimum atomic E-state index is -0.582. The van der Waals surface area contributed by atoms with Gasteiger partial charge in [-0.05, 0) is 24.2 Å². The van der Waals surface area contributed by atoms with Gasteiger partial charge in [-0.2, -0.15) is 0 Å². The summed E-state index contributed by atoms with van der Waals surface area (Å²) in [5.41, 5.74) is 6.22. The van der Waals surface area contributed by atoms with Crippen LogP contribution >= 0.6 is 11.8 Å². The largest absolute Gasteiger partial charge is 0.369 e. The van der Waals surface area contributed by atoms with E-state index in [-0.39, 0.29) is 5.91 Å². The maximum Gasteiger partial charge on any atom is 0.228 e. The second-order valence-corrected chi connectivity index (χ2v) is 7.23. The van der Waals surface area contributed by atoms with Gasteiger partial charge in [-0.1, -0.05) is 37.3 Å². The molecule has 6 heteroatoms. The van der Waals surface area contributed by atoms with E-state index >= 15 is 0 Å². The van der Waals surface area contributed by atoms with E-state index in [4.69, 9.17) is 5.73 Å². The standard InChI is InChI=1S/C18H22N4OS/c1-2-24-16-13-20-12-15(21-16)22-10-8-18(9-11-22,17(19)23)14-6-4-3-5-7-14/h3-7,12-13H,2,8-11H2,1H3,(H2,19,23). The molecule has 0 aliphatic carbocycles. The van der Waals surface area contributed by atoms with E-state index in [1.807, 2.05) is 30.3 Å². The lowest BCUT2D eigenvalue weighted by molar-refractivity contribution is -0.124. The van der Waals surface area contributed by atoms with Crippen LogP contribution in [0.2, 0.25) is 0 Å². The van der Waals surface area contributed by atoms with Crippen molar-refractivity contribution >= 4 is 23.5 Å². The van der Waals surface area contributed by atoms with Crippen LogP contribution in [0.15, 0.2) is 47.8 Å². The third kappa shape index (κ3) is 3.24. The van der Waals surface area contributed by atoms with Crippen molar-refractivity contribution in [3.8, 4) is 0 Å². The van der Waals surface area contributed by atoms with Crippen molar-refractivity contribution in [3.05, 3.63) is 48.3 Å². The Morgan fingerprint density at radius 1 is 1.25 bits per heavy atom. The Morgan fingerprint density at radius 3 is 2.58 bits per heavy atom. The molecule has 0 saturated carbocycles. The van der Waals surface area contributed by atoms with E-state index in [0.29, 0.717) is 12.8 Å². The van der Waals surface area contributed by atoms with E-state index in [1.54, 1.807) is 24.2 Å². The van der Waals surface area contributed by atoms with Gasteiger partial charge in [0.1, 0.15) is 10.8 Å². The highest BCUT2D eigenvalue weighted by Crippen LogP contribution is 2.36. The first kappa shape index (κ1) is 16.8. The molecule has 2 N–H and O–H groups in total. The molecule has 1 amide bonds. The van der Waals surface area contributed by atoms with Crippen molar-refractivity contribution in [3.63, 3.8) is 0 Å². The predicted molar refractivity (Wildman–Crippen MR) is 97.2 cm³/mol. The molecule has 0 unspecified atom stereocenters. The molecule has 1 aliphatic heterocycles. The van der Waals surface area contributed by atoms with Crippen molar-refractivity contribution in [2.24, 2.45) is 5.73 Å². The monoisotopic (exact) mass is 342 g/mol. The maximum atomic E-state index is 12.2. The predicted octanol–water partition coefficient (Wildman–Crippen LogP) is 2.61. The molecule has 2 heterocycles. The fourth-order valence-electron chi connectivity index (χ4n) is 3.26. The van der Waals surface area contributed by atoms with Crippen LogP contribution in [0.4, 0.5) is 5.82 Å². The average Bonchev–Trinajstić information content (AvgIpc) is 2.63. The zero-order valence-corrected chi connectivity index (χ0v) is 14.6. The lowest BCUT2D eigenvalue weighted by atomic mass is 9.72. The Hall–Kier alpha value is -2.08. The number of hydrogen-bond acceptors (Lipinski definition) is 5. The first-order valence-electron chi connectivity index (χ1n) is 8.21. The molecule has 0 spiro atoms. The summed E-state index contributed by atoms with van der Waals surface area (Å²) in [5, 5.41) is 0.935. The number of thioether (sulfide) groups is 1. The number of nitrogens with zero attached hydrogens (tertiary/aromatic N) is 3. The average molecular weight is 342 g/mol. The smallest absolute Gasteiger partial charge is 0.228 e. The maximum absolute atomic E-state index is 12.2. The summed E-state index contributed by atoms with van der Waals surface area (Å²) in [7, 11) is 0. The number of primary amides is 1. The highest BCUT2D eigenvalue weighted by atomic mass is 32.2. The number of hydrogen-bond donors (Lipinski definition) is 1. The van der Waals surface area contributed by atoms with E-state index < -0.39 is 5.41 Å². The van der Waals surface area contributed by atoms with Gasteiger partial charge >= 0.3 is 0 Å². The number of aromatic nitrogens is 2. The van der Waals surface area contributed by atoms with Gasteiger partial charge < -0.3 is 10.6 Å². The summed E-state index contributed by atoms with van der Waals surface area (Å²) in [6.45, 7) is 3.58. The quantitative estimate of drug-likeness (QED) is 0.846. The molecule has 3 rings (SSSR count). The van der Waals surface area contributed by atoms with Crippen molar-refractivity contribution < 1.29 is 4.79 Å². The van der Waals surface area contributed by atoms with Crippen LogP contribution < -0.4 is 10.6 Å². The molecule has 1 aliphatic rings. The second-order valence-electron chi connectivity index (χ2n) is 5.95. The lowest BCUT2D eigenvalue weighted by Gasteiger charge is -2.40. The normalized spacial score (nSPS) is 16.8. The van der Waals surface area contributed by atoms with Gasteiger partial charge in [0, 0.05) is 13.1 Å². The Morgan fingerprint density at radius 2 is 1.96 bits per heavy atom. The first-order valence-corrected chi connectivity index (χ1v) is 9.19. The second kappa shape index (κ2) is 7.21. The highest BCUT2D eigenvalue weighted by Gasteiger charge is 2.41. The number of piperidine rings is 1. The fraction of sp³-hybridized carbons (Fsp3) is 0.389. The SMILES string of the molecule is CCSc1cncc(N2CCC(C(N)=O)(c3ccccc3)CC2)n1. The van der Waals surface area contributed by atoms with Crippen LogP contribution in [0.3, 0.4) is 0 Å². The van der Waals surface area contributed by atoms with E-state index in [2.05, 4.69) is 21.8 Å². The zero-order chi connectivity index (χ0) is 17.0. The van der Waals surface area contributed by atoms with Crippen LogP contribution in [-0.2, 0) is 10.2 Å². The van der Waals surface area contributed by atoms with E-state index in [1.165, 1.54) is 0 Å². The van der Waals surface area contributed by atoms with Crippen LogP contribution in [0.25, 0.3) is 0 Å². The van der Waals surface area contributed by atoms with E-state index in [9.17, 15) is 4.79 Å². The minimum absolute atomic E-state index is 0.241. The summed E-state index contributed by atoms with van der Waals surface area (Å²) in [5.74, 6) is 1.60. The summed E-state index contributed by atoms with van der Waals surface area (Å²) in [4.78, 5) is 23.4. The minimum Gasteiger partial charge on any atom is -0.369 e. The number of anilines is 1. The van der Waals surface area contributed by atoms with Crippen LogP contribution in [-0.4, -0.2) is 34.7 Å². The van der Waals surface area contributed by atoms with Gasteiger partial charge in [-0.15, -0.1) is 11.8 Å². The van der Waals surface area contributed by atoms with Crippen LogP contribution in [0.5, 0.6) is 0 Å².